The van der Waals surface area contributed by atoms with E-state index in [9.17, 15) is 4.79 Å². The molecule has 2 heterocycles. The Kier molecular flexibility index (Phi) is 4.48. The van der Waals surface area contributed by atoms with Crippen LogP contribution < -0.4 is 9.64 Å². The molecule has 1 amide bonds. The number of carbonyl (C=O) groups is 1. The van der Waals surface area contributed by atoms with Gasteiger partial charge in [0.25, 0.3) is 0 Å². The summed E-state index contributed by atoms with van der Waals surface area (Å²) in [6.07, 6.45) is 1.21. The highest BCUT2D eigenvalue weighted by atomic mass is 35.5. The smallest absolute Gasteiger partial charge is 0.227 e. The summed E-state index contributed by atoms with van der Waals surface area (Å²) in [6, 6.07) is 15.7. The monoisotopic (exact) mass is 429 g/mol. The Balaban J connectivity index is 1.48. The highest BCUT2D eigenvalue weighted by Gasteiger charge is 2.52. The number of methoxy groups -OCH3 is 1. The molecule has 2 aliphatic rings. The maximum Gasteiger partial charge on any atom is 0.227 e. The van der Waals surface area contributed by atoms with Crippen molar-refractivity contribution in [1.82, 2.24) is 9.55 Å². The van der Waals surface area contributed by atoms with Gasteiger partial charge < -0.3 is 14.2 Å². The van der Waals surface area contributed by atoms with Crippen molar-refractivity contribution in [3.8, 4) is 5.75 Å². The molecule has 0 unspecified atom stereocenters. The number of aromatic nitrogens is 2. The first-order valence-corrected chi connectivity index (χ1v) is 10.5. The lowest BCUT2D eigenvalue weighted by molar-refractivity contribution is -0.117. The minimum absolute atomic E-state index is 0.0138. The molecule has 1 saturated carbocycles. The third-order valence-electron chi connectivity index (χ3n) is 5.90. The van der Waals surface area contributed by atoms with Gasteiger partial charge in [0.2, 0.25) is 5.91 Å². The molecule has 150 valence electrons. The normalized spacial score (nSPS) is 23.0. The van der Waals surface area contributed by atoms with E-state index >= 15 is 0 Å². The zero-order chi connectivity index (χ0) is 20.2. The maximum atomic E-state index is 12.8. The lowest BCUT2D eigenvalue weighted by atomic mass is 10.1. The van der Waals surface area contributed by atoms with E-state index in [2.05, 4.69) is 10.6 Å². The third-order valence-corrected chi connectivity index (χ3v) is 6.82. The highest BCUT2D eigenvalue weighted by Crippen LogP contribution is 2.54. The first kappa shape index (κ1) is 18.8. The van der Waals surface area contributed by atoms with Crippen molar-refractivity contribution in [2.75, 3.05) is 18.6 Å². The SMILES string of the molecule is COc1cccc(N2C[C@H](c3nc4ccccc4n3C[C@H]3CC3(Cl)Cl)CC2=O)c1. The fraction of sp³-hybridized carbons (Fsp3) is 0.364. The van der Waals surface area contributed by atoms with E-state index in [0.717, 1.165) is 34.7 Å². The Morgan fingerprint density at radius 2 is 2.00 bits per heavy atom. The number of amides is 1. The predicted octanol–water partition coefficient (Wildman–Crippen LogP) is 4.76. The Bertz CT molecular complexity index is 1090. The minimum atomic E-state index is -0.652. The standard InChI is InChI=1S/C22H21Cl2N3O2/c1-29-17-6-4-5-16(10-17)26-12-14(9-20(26)28)21-25-18-7-2-3-8-19(18)27(21)13-15-11-22(15,23)24/h2-8,10,14-15H,9,11-13H2,1H3/t14-,15-/m1/s1. The second kappa shape index (κ2) is 6.92. The number of hydrogen-bond acceptors (Lipinski definition) is 3. The molecule has 2 fully saturated rings. The van der Waals surface area contributed by atoms with E-state index in [1.165, 1.54) is 0 Å². The number of ether oxygens (including phenoxy) is 1. The highest BCUT2D eigenvalue weighted by molar-refractivity contribution is 6.50. The number of rotatable bonds is 5. The summed E-state index contributed by atoms with van der Waals surface area (Å²) >= 11 is 12.6. The van der Waals surface area contributed by atoms with Crippen molar-refractivity contribution in [3.05, 3.63) is 54.4 Å². The summed E-state index contributed by atoms with van der Waals surface area (Å²) in [4.78, 5) is 19.5. The van der Waals surface area contributed by atoms with Crippen LogP contribution in [-0.4, -0.2) is 33.4 Å². The average molecular weight is 430 g/mol. The second-order valence-corrected chi connectivity index (χ2v) is 9.38. The Hall–Kier alpha value is -2.24. The van der Waals surface area contributed by atoms with Crippen molar-refractivity contribution in [2.24, 2.45) is 5.92 Å². The number of nitrogens with zero attached hydrogens (tertiary/aromatic N) is 3. The van der Waals surface area contributed by atoms with Gasteiger partial charge in [-0.15, -0.1) is 23.2 Å². The number of fused-ring (bicyclic) bond motifs is 1. The van der Waals surface area contributed by atoms with Gasteiger partial charge in [-0.05, 0) is 30.7 Å². The number of carbonyl (C=O) groups excluding carboxylic acids is 1. The Labute approximate surface area is 179 Å². The van der Waals surface area contributed by atoms with Crippen molar-refractivity contribution in [3.63, 3.8) is 0 Å². The van der Waals surface area contributed by atoms with Crippen molar-refractivity contribution >= 4 is 45.8 Å². The molecule has 1 aromatic heterocycles. The molecule has 7 heteroatoms. The van der Waals surface area contributed by atoms with E-state index in [1.54, 1.807) is 7.11 Å². The molecule has 0 N–H and O–H groups in total. The summed E-state index contributed by atoms with van der Waals surface area (Å²) < 4.78 is 6.87. The van der Waals surface area contributed by atoms with Gasteiger partial charge in [0.15, 0.2) is 0 Å². The quantitative estimate of drug-likeness (QED) is 0.549. The molecular weight excluding hydrogens is 409 g/mol. The summed E-state index contributed by atoms with van der Waals surface area (Å²) in [5.74, 6) is 1.98. The molecule has 1 aliphatic carbocycles. The van der Waals surface area contributed by atoms with Crippen molar-refractivity contribution in [2.45, 2.75) is 29.6 Å². The predicted molar refractivity (Wildman–Crippen MR) is 115 cm³/mol. The number of para-hydroxylation sites is 2. The van der Waals surface area contributed by atoms with Gasteiger partial charge in [-0.25, -0.2) is 4.98 Å². The summed E-state index contributed by atoms with van der Waals surface area (Å²) in [5, 5.41) is 0. The molecule has 2 aromatic carbocycles. The number of imidazole rings is 1. The van der Waals surface area contributed by atoms with Gasteiger partial charge in [-0.2, -0.15) is 0 Å². The lowest BCUT2D eigenvalue weighted by Gasteiger charge is -2.18. The molecule has 0 bridgehead atoms. The van der Waals surface area contributed by atoms with E-state index < -0.39 is 4.33 Å². The lowest BCUT2D eigenvalue weighted by Crippen LogP contribution is -2.24. The number of hydrogen-bond donors (Lipinski definition) is 0. The largest absolute Gasteiger partial charge is 0.497 e. The Morgan fingerprint density at radius 1 is 1.21 bits per heavy atom. The summed E-state index contributed by atoms with van der Waals surface area (Å²) in [7, 11) is 1.63. The van der Waals surface area contributed by atoms with Crippen LogP contribution in [0.5, 0.6) is 5.75 Å². The maximum absolute atomic E-state index is 12.8. The second-order valence-electron chi connectivity index (χ2n) is 7.84. The third kappa shape index (κ3) is 3.36. The van der Waals surface area contributed by atoms with Crippen LogP contribution >= 0.6 is 23.2 Å². The zero-order valence-electron chi connectivity index (χ0n) is 16.0. The average Bonchev–Trinajstić information content (AvgIpc) is 3.04. The van der Waals surface area contributed by atoms with E-state index in [0.29, 0.717) is 19.5 Å². The molecule has 0 radical (unpaired) electrons. The Morgan fingerprint density at radius 3 is 2.76 bits per heavy atom. The van der Waals surface area contributed by atoms with Gasteiger partial charge in [0, 0.05) is 43.1 Å². The fourth-order valence-corrected chi connectivity index (χ4v) is 4.70. The molecule has 2 atom stereocenters. The number of alkyl halides is 2. The van der Waals surface area contributed by atoms with Gasteiger partial charge in [-0.1, -0.05) is 18.2 Å². The van der Waals surface area contributed by atoms with Crippen LogP contribution in [0.15, 0.2) is 48.5 Å². The molecule has 1 aliphatic heterocycles. The first-order chi connectivity index (χ1) is 14.0. The van der Waals surface area contributed by atoms with E-state index in [4.69, 9.17) is 32.9 Å². The van der Waals surface area contributed by atoms with Crippen molar-refractivity contribution in [1.29, 1.82) is 0 Å². The fourth-order valence-electron chi connectivity index (χ4n) is 4.19. The minimum Gasteiger partial charge on any atom is -0.497 e. The van der Waals surface area contributed by atoms with Crippen LogP contribution in [0, 0.1) is 5.92 Å². The zero-order valence-corrected chi connectivity index (χ0v) is 17.5. The van der Waals surface area contributed by atoms with Crippen molar-refractivity contribution < 1.29 is 9.53 Å². The van der Waals surface area contributed by atoms with E-state index in [1.807, 2.05) is 47.4 Å². The molecular formula is C22H21Cl2N3O2. The van der Waals surface area contributed by atoms with Crippen LogP contribution in [0.2, 0.25) is 0 Å². The van der Waals surface area contributed by atoms with Gasteiger partial charge in [-0.3, -0.25) is 4.79 Å². The van der Waals surface area contributed by atoms with Crippen LogP contribution in [-0.2, 0) is 11.3 Å². The van der Waals surface area contributed by atoms with Crippen LogP contribution in [0.4, 0.5) is 5.69 Å². The molecule has 1 saturated heterocycles. The first-order valence-electron chi connectivity index (χ1n) is 9.73. The van der Waals surface area contributed by atoms with Crippen LogP contribution in [0.3, 0.4) is 0 Å². The molecule has 5 nitrogen and oxygen atoms in total. The van der Waals surface area contributed by atoms with Crippen LogP contribution in [0.1, 0.15) is 24.6 Å². The van der Waals surface area contributed by atoms with Gasteiger partial charge in [0.1, 0.15) is 15.9 Å². The van der Waals surface area contributed by atoms with Gasteiger partial charge in [0.05, 0.1) is 18.1 Å². The topological polar surface area (TPSA) is 47.4 Å². The molecule has 0 spiro atoms. The van der Waals surface area contributed by atoms with Gasteiger partial charge >= 0.3 is 0 Å². The number of anilines is 1. The van der Waals surface area contributed by atoms with E-state index in [-0.39, 0.29) is 17.7 Å². The molecule has 3 aromatic rings. The summed E-state index contributed by atoms with van der Waals surface area (Å²) in [6.45, 7) is 1.31. The molecule has 5 rings (SSSR count). The molecule has 29 heavy (non-hydrogen) atoms. The number of benzene rings is 2. The van der Waals surface area contributed by atoms with Crippen LogP contribution in [0.25, 0.3) is 11.0 Å². The number of halogens is 2. The summed E-state index contributed by atoms with van der Waals surface area (Å²) in [5.41, 5.74) is 2.85.